The molecule has 68 valence electrons. The molecule has 1 aromatic rings. The van der Waals surface area contributed by atoms with Crippen LogP contribution in [0.5, 0.6) is 0 Å². The predicted molar refractivity (Wildman–Crippen MR) is 48.9 cm³/mol. The van der Waals surface area contributed by atoms with Crippen molar-refractivity contribution < 1.29 is 13.2 Å². The SMILES string of the molecule is N#Cc1cccc(C(F)(F)F)c1I. The molecular weight excluding hydrogens is 294 g/mol. The first-order valence-electron chi connectivity index (χ1n) is 3.22. The van der Waals surface area contributed by atoms with Crippen LogP contribution in [0.25, 0.3) is 0 Å². The number of hydrogen-bond donors (Lipinski definition) is 0. The van der Waals surface area contributed by atoms with Crippen LogP contribution in [0.2, 0.25) is 0 Å². The van der Waals surface area contributed by atoms with Crippen LogP contribution in [-0.2, 0) is 6.18 Å². The van der Waals surface area contributed by atoms with Crippen molar-refractivity contribution in [2.75, 3.05) is 0 Å². The fourth-order valence-corrected chi connectivity index (χ4v) is 1.62. The minimum absolute atomic E-state index is 0.0462. The van der Waals surface area contributed by atoms with E-state index in [1.807, 2.05) is 0 Å². The van der Waals surface area contributed by atoms with Gasteiger partial charge in [-0.05, 0) is 34.7 Å². The summed E-state index contributed by atoms with van der Waals surface area (Å²) >= 11 is 1.52. The van der Waals surface area contributed by atoms with Crippen LogP contribution in [0.15, 0.2) is 18.2 Å². The average molecular weight is 297 g/mol. The Morgan fingerprint density at radius 2 is 1.92 bits per heavy atom. The van der Waals surface area contributed by atoms with Crippen molar-refractivity contribution in [3.63, 3.8) is 0 Å². The Labute approximate surface area is 86.3 Å². The zero-order valence-electron chi connectivity index (χ0n) is 6.19. The summed E-state index contributed by atoms with van der Waals surface area (Å²) < 4.78 is 36.7. The largest absolute Gasteiger partial charge is 0.417 e. The lowest BCUT2D eigenvalue weighted by Crippen LogP contribution is -2.08. The van der Waals surface area contributed by atoms with E-state index < -0.39 is 11.7 Å². The summed E-state index contributed by atoms with van der Waals surface area (Å²) in [7, 11) is 0. The van der Waals surface area contributed by atoms with Crippen LogP contribution in [0.1, 0.15) is 11.1 Å². The van der Waals surface area contributed by atoms with Crippen LogP contribution in [-0.4, -0.2) is 0 Å². The van der Waals surface area contributed by atoms with Crippen LogP contribution in [0, 0.1) is 14.9 Å². The monoisotopic (exact) mass is 297 g/mol. The lowest BCUT2D eigenvalue weighted by Gasteiger charge is -2.08. The van der Waals surface area contributed by atoms with Crippen molar-refractivity contribution in [2.45, 2.75) is 6.18 Å². The molecule has 0 atom stereocenters. The van der Waals surface area contributed by atoms with Crippen molar-refractivity contribution in [1.29, 1.82) is 5.26 Å². The molecule has 0 heterocycles. The molecule has 0 aliphatic heterocycles. The zero-order chi connectivity index (χ0) is 10.1. The topological polar surface area (TPSA) is 23.8 Å². The summed E-state index contributed by atoms with van der Waals surface area (Å²) in [4.78, 5) is 0. The quantitative estimate of drug-likeness (QED) is 0.675. The number of halogens is 4. The number of nitriles is 1. The van der Waals surface area contributed by atoms with Gasteiger partial charge < -0.3 is 0 Å². The van der Waals surface area contributed by atoms with Gasteiger partial charge in [-0.3, -0.25) is 0 Å². The highest BCUT2D eigenvalue weighted by Crippen LogP contribution is 2.33. The molecule has 0 saturated carbocycles. The van der Waals surface area contributed by atoms with E-state index in [-0.39, 0.29) is 9.13 Å². The summed E-state index contributed by atoms with van der Waals surface area (Å²) in [6.45, 7) is 0. The maximum Gasteiger partial charge on any atom is 0.417 e. The smallest absolute Gasteiger partial charge is 0.192 e. The molecule has 0 aliphatic rings. The molecule has 13 heavy (non-hydrogen) atoms. The maximum absolute atomic E-state index is 12.3. The maximum atomic E-state index is 12.3. The lowest BCUT2D eigenvalue weighted by molar-refractivity contribution is -0.138. The van der Waals surface area contributed by atoms with Crippen molar-refractivity contribution in [2.24, 2.45) is 0 Å². The molecule has 5 heteroatoms. The van der Waals surface area contributed by atoms with Gasteiger partial charge in [0.05, 0.1) is 11.1 Å². The Kier molecular flexibility index (Phi) is 2.81. The predicted octanol–water partition coefficient (Wildman–Crippen LogP) is 3.18. The van der Waals surface area contributed by atoms with E-state index in [1.165, 1.54) is 34.7 Å². The molecular formula is C8H3F3IN. The van der Waals surface area contributed by atoms with Gasteiger partial charge in [0.25, 0.3) is 0 Å². The molecule has 0 saturated heterocycles. The minimum Gasteiger partial charge on any atom is -0.192 e. The van der Waals surface area contributed by atoms with Crippen molar-refractivity contribution in [3.05, 3.63) is 32.9 Å². The Bertz CT molecular complexity index is 365. The second-order valence-electron chi connectivity index (χ2n) is 2.28. The standard InChI is InChI=1S/C8H3F3IN/c9-8(10,11)6-3-1-2-5(4-13)7(6)12/h1-3H. The molecule has 0 unspecified atom stereocenters. The van der Waals surface area contributed by atoms with E-state index in [9.17, 15) is 13.2 Å². The van der Waals surface area contributed by atoms with E-state index in [4.69, 9.17) is 5.26 Å². The normalized spacial score (nSPS) is 11.0. The highest BCUT2D eigenvalue weighted by atomic mass is 127. The zero-order valence-corrected chi connectivity index (χ0v) is 8.35. The van der Waals surface area contributed by atoms with Gasteiger partial charge in [-0.15, -0.1) is 0 Å². The molecule has 1 aromatic carbocycles. The van der Waals surface area contributed by atoms with Gasteiger partial charge in [0.15, 0.2) is 0 Å². The molecule has 0 N–H and O–H groups in total. The highest BCUT2D eigenvalue weighted by Gasteiger charge is 2.33. The first kappa shape index (κ1) is 10.3. The second kappa shape index (κ2) is 3.54. The fourth-order valence-electron chi connectivity index (χ4n) is 0.837. The molecule has 0 fully saturated rings. The summed E-state index contributed by atoms with van der Waals surface area (Å²) in [6, 6.07) is 5.25. The Morgan fingerprint density at radius 1 is 1.31 bits per heavy atom. The summed E-state index contributed by atoms with van der Waals surface area (Å²) in [6.07, 6.45) is -4.39. The summed E-state index contributed by atoms with van der Waals surface area (Å²) in [5.74, 6) is 0. The van der Waals surface area contributed by atoms with Crippen LogP contribution in [0.3, 0.4) is 0 Å². The van der Waals surface area contributed by atoms with Gasteiger partial charge in [-0.2, -0.15) is 18.4 Å². The number of nitrogens with zero attached hydrogens (tertiary/aromatic N) is 1. The minimum atomic E-state index is -4.39. The first-order valence-corrected chi connectivity index (χ1v) is 4.30. The molecule has 0 aliphatic carbocycles. The van der Waals surface area contributed by atoms with Gasteiger partial charge in [0.2, 0.25) is 0 Å². The second-order valence-corrected chi connectivity index (χ2v) is 3.36. The van der Waals surface area contributed by atoms with Gasteiger partial charge in [-0.1, -0.05) is 6.07 Å². The summed E-state index contributed by atoms with van der Waals surface area (Å²) in [5, 5.41) is 8.49. The molecule has 0 radical (unpaired) electrons. The van der Waals surface area contributed by atoms with Crippen LogP contribution in [0.4, 0.5) is 13.2 Å². The Balaban J connectivity index is 3.34. The fraction of sp³-hybridized carbons (Fsp3) is 0.125. The number of rotatable bonds is 0. The molecule has 1 rings (SSSR count). The van der Waals surface area contributed by atoms with E-state index in [2.05, 4.69) is 0 Å². The number of alkyl halides is 3. The molecule has 0 bridgehead atoms. The first-order chi connectivity index (χ1) is 5.96. The third kappa shape index (κ3) is 2.12. The van der Waals surface area contributed by atoms with Gasteiger partial charge in [-0.25, -0.2) is 0 Å². The van der Waals surface area contributed by atoms with E-state index in [0.717, 1.165) is 6.07 Å². The molecule has 1 nitrogen and oxygen atoms in total. The molecule has 0 spiro atoms. The molecule has 0 amide bonds. The third-order valence-corrected chi connectivity index (χ3v) is 2.59. The van der Waals surface area contributed by atoms with Crippen LogP contribution >= 0.6 is 22.6 Å². The number of hydrogen-bond acceptors (Lipinski definition) is 1. The molecule has 0 aromatic heterocycles. The lowest BCUT2D eigenvalue weighted by atomic mass is 10.1. The van der Waals surface area contributed by atoms with Gasteiger partial charge in [0.1, 0.15) is 6.07 Å². The Morgan fingerprint density at radius 3 is 2.38 bits per heavy atom. The van der Waals surface area contributed by atoms with Gasteiger partial charge >= 0.3 is 6.18 Å². The van der Waals surface area contributed by atoms with Gasteiger partial charge in [0, 0.05) is 3.57 Å². The average Bonchev–Trinajstić information content (AvgIpc) is 2.02. The Hall–Kier alpha value is -0.770. The van der Waals surface area contributed by atoms with Crippen molar-refractivity contribution in [1.82, 2.24) is 0 Å². The van der Waals surface area contributed by atoms with E-state index in [0.29, 0.717) is 0 Å². The van der Waals surface area contributed by atoms with Crippen molar-refractivity contribution >= 4 is 22.6 Å². The highest BCUT2D eigenvalue weighted by molar-refractivity contribution is 14.1. The van der Waals surface area contributed by atoms with Crippen molar-refractivity contribution in [3.8, 4) is 6.07 Å². The number of benzene rings is 1. The summed E-state index contributed by atoms with van der Waals surface area (Å²) in [5.41, 5.74) is -0.706. The van der Waals surface area contributed by atoms with Crippen LogP contribution < -0.4 is 0 Å². The van der Waals surface area contributed by atoms with E-state index in [1.54, 1.807) is 6.07 Å². The van der Waals surface area contributed by atoms with E-state index >= 15 is 0 Å². The third-order valence-electron chi connectivity index (χ3n) is 1.42.